The Bertz CT molecular complexity index is 413. The van der Waals surface area contributed by atoms with Gasteiger partial charge in [0.2, 0.25) is 5.91 Å². The van der Waals surface area contributed by atoms with E-state index in [1.165, 1.54) is 35.7 Å². The molecule has 0 bridgehead atoms. The van der Waals surface area contributed by atoms with Gasteiger partial charge in [-0.15, -0.1) is 0 Å². The fourth-order valence-corrected chi connectivity index (χ4v) is 3.18. The van der Waals surface area contributed by atoms with E-state index in [9.17, 15) is 4.79 Å². The van der Waals surface area contributed by atoms with Gasteiger partial charge in [-0.25, -0.2) is 0 Å². The molecule has 98 valence electrons. The second-order valence-electron chi connectivity index (χ2n) is 5.06. The third-order valence-corrected chi connectivity index (χ3v) is 4.87. The standard InChI is InChI=1S/C15H20INO/c1-17(13-8-3-2-4-9-13)15(18)11-12-7-5-6-10-14(12)16/h5-7,10,13H,2-4,8-9,11H2,1H3. The zero-order valence-corrected chi connectivity index (χ0v) is 13.0. The van der Waals surface area contributed by atoms with Crippen LogP contribution in [-0.4, -0.2) is 23.9 Å². The van der Waals surface area contributed by atoms with Crippen molar-refractivity contribution in [1.29, 1.82) is 0 Å². The Balaban J connectivity index is 1.97. The van der Waals surface area contributed by atoms with Crippen molar-refractivity contribution in [2.75, 3.05) is 7.05 Å². The van der Waals surface area contributed by atoms with Crippen molar-refractivity contribution in [3.8, 4) is 0 Å². The molecule has 1 saturated carbocycles. The van der Waals surface area contributed by atoms with Crippen molar-refractivity contribution in [1.82, 2.24) is 4.90 Å². The second kappa shape index (κ2) is 6.55. The van der Waals surface area contributed by atoms with Crippen LogP contribution in [0.5, 0.6) is 0 Å². The molecule has 1 amide bonds. The summed E-state index contributed by atoms with van der Waals surface area (Å²) in [6.45, 7) is 0. The van der Waals surface area contributed by atoms with Crippen LogP contribution in [0.1, 0.15) is 37.7 Å². The lowest BCUT2D eigenvalue weighted by Crippen LogP contribution is -2.39. The fraction of sp³-hybridized carbons (Fsp3) is 0.533. The number of likely N-dealkylation sites (N-methyl/N-ethyl adjacent to an activating group) is 1. The summed E-state index contributed by atoms with van der Waals surface area (Å²) in [5.74, 6) is 0.256. The van der Waals surface area contributed by atoms with Crippen molar-refractivity contribution >= 4 is 28.5 Å². The van der Waals surface area contributed by atoms with Gasteiger partial charge in [-0.1, -0.05) is 37.5 Å². The van der Waals surface area contributed by atoms with Gasteiger partial charge in [-0.2, -0.15) is 0 Å². The molecule has 0 heterocycles. The molecule has 18 heavy (non-hydrogen) atoms. The van der Waals surface area contributed by atoms with Gasteiger partial charge >= 0.3 is 0 Å². The zero-order chi connectivity index (χ0) is 13.0. The second-order valence-corrected chi connectivity index (χ2v) is 6.23. The summed E-state index contributed by atoms with van der Waals surface area (Å²) in [5.41, 5.74) is 1.14. The van der Waals surface area contributed by atoms with E-state index in [2.05, 4.69) is 28.7 Å². The number of hydrogen-bond acceptors (Lipinski definition) is 1. The third kappa shape index (κ3) is 3.46. The molecule has 0 radical (unpaired) electrons. The van der Waals surface area contributed by atoms with E-state index in [1.807, 2.05) is 30.1 Å². The highest BCUT2D eigenvalue weighted by molar-refractivity contribution is 14.1. The summed E-state index contributed by atoms with van der Waals surface area (Å²) >= 11 is 2.30. The quantitative estimate of drug-likeness (QED) is 0.757. The number of carbonyl (C=O) groups excluding carboxylic acids is 1. The topological polar surface area (TPSA) is 20.3 Å². The van der Waals surface area contributed by atoms with Crippen LogP contribution in [0, 0.1) is 3.57 Å². The normalized spacial score (nSPS) is 16.6. The summed E-state index contributed by atoms with van der Waals surface area (Å²) in [4.78, 5) is 14.3. The van der Waals surface area contributed by atoms with Crippen LogP contribution in [0.4, 0.5) is 0 Å². The molecule has 0 aliphatic heterocycles. The van der Waals surface area contributed by atoms with Gasteiger partial charge in [-0.05, 0) is 47.1 Å². The van der Waals surface area contributed by atoms with Crippen LogP contribution in [0.25, 0.3) is 0 Å². The summed E-state index contributed by atoms with van der Waals surface area (Å²) in [7, 11) is 1.97. The Morgan fingerprint density at radius 1 is 1.28 bits per heavy atom. The molecule has 0 spiro atoms. The first-order chi connectivity index (χ1) is 8.68. The monoisotopic (exact) mass is 357 g/mol. The van der Waals surface area contributed by atoms with Gasteiger partial charge in [0.1, 0.15) is 0 Å². The molecule has 0 saturated heterocycles. The van der Waals surface area contributed by atoms with Gasteiger partial charge in [-0.3, -0.25) is 4.79 Å². The largest absolute Gasteiger partial charge is 0.342 e. The van der Waals surface area contributed by atoms with Gasteiger partial charge < -0.3 is 4.90 Å². The van der Waals surface area contributed by atoms with E-state index in [1.54, 1.807) is 0 Å². The van der Waals surface area contributed by atoms with E-state index in [0.717, 1.165) is 5.56 Å². The summed E-state index contributed by atoms with van der Waals surface area (Å²) in [6, 6.07) is 8.59. The predicted molar refractivity (Wildman–Crippen MR) is 82.5 cm³/mol. The fourth-order valence-electron chi connectivity index (χ4n) is 2.60. The number of amides is 1. The lowest BCUT2D eigenvalue weighted by Gasteiger charge is -2.31. The molecule has 0 N–H and O–H groups in total. The van der Waals surface area contributed by atoms with Gasteiger partial charge in [0, 0.05) is 16.7 Å². The van der Waals surface area contributed by atoms with Gasteiger partial charge in [0.25, 0.3) is 0 Å². The Hall–Kier alpha value is -0.580. The van der Waals surface area contributed by atoms with Crippen LogP contribution < -0.4 is 0 Å². The number of nitrogens with zero attached hydrogens (tertiary/aromatic N) is 1. The van der Waals surface area contributed by atoms with E-state index in [0.29, 0.717) is 12.5 Å². The number of rotatable bonds is 3. The van der Waals surface area contributed by atoms with Crippen LogP contribution in [-0.2, 0) is 11.2 Å². The molecule has 2 nitrogen and oxygen atoms in total. The molecular formula is C15H20INO. The van der Waals surface area contributed by atoms with Crippen molar-refractivity contribution in [3.05, 3.63) is 33.4 Å². The molecule has 1 aromatic carbocycles. The number of benzene rings is 1. The predicted octanol–water partition coefficient (Wildman–Crippen LogP) is 3.62. The average molecular weight is 357 g/mol. The molecule has 3 heteroatoms. The van der Waals surface area contributed by atoms with Crippen molar-refractivity contribution in [2.24, 2.45) is 0 Å². The van der Waals surface area contributed by atoms with Crippen molar-refractivity contribution in [2.45, 2.75) is 44.6 Å². The van der Waals surface area contributed by atoms with Gasteiger partial charge in [0.05, 0.1) is 6.42 Å². The summed E-state index contributed by atoms with van der Waals surface area (Å²) < 4.78 is 1.18. The maximum atomic E-state index is 12.3. The molecule has 1 aromatic rings. The van der Waals surface area contributed by atoms with Crippen LogP contribution in [0.3, 0.4) is 0 Å². The maximum absolute atomic E-state index is 12.3. The number of carbonyl (C=O) groups is 1. The lowest BCUT2D eigenvalue weighted by molar-refractivity contribution is -0.131. The summed E-state index contributed by atoms with van der Waals surface area (Å²) in [6.07, 6.45) is 6.75. The Morgan fingerprint density at radius 2 is 1.94 bits per heavy atom. The maximum Gasteiger partial charge on any atom is 0.227 e. The molecule has 1 aliphatic carbocycles. The van der Waals surface area contributed by atoms with Crippen molar-refractivity contribution in [3.63, 3.8) is 0 Å². The van der Waals surface area contributed by atoms with E-state index >= 15 is 0 Å². The Labute approximate surface area is 123 Å². The first-order valence-electron chi connectivity index (χ1n) is 6.67. The zero-order valence-electron chi connectivity index (χ0n) is 10.9. The van der Waals surface area contributed by atoms with Crippen molar-refractivity contribution < 1.29 is 4.79 Å². The first-order valence-corrected chi connectivity index (χ1v) is 7.75. The van der Waals surface area contributed by atoms with Gasteiger partial charge in [0.15, 0.2) is 0 Å². The first kappa shape index (κ1) is 13.8. The van der Waals surface area contributed by atoms with E-state index in [-0.39, 0.29) is 5.91 Å². The minimum absolute atomic E-state index is 0.256. The van der Waals surface area contributed by atoms with Crippen LogP contribution in [0.2, 0.25) is 0 Å². The smallest absolute Gasteiger partial charge is 0.227 e. The number of halogens is 1. The number of hydrogen-bond donors (Lipinski definition) is 0. The highest BCUT2D eigenvalue weighted by Gasteiger charge is 2.22. The molecule has 1 fully saturated rings. The molecule has 0 aromatic heterocycles. The van der Waals surface area contributed by atoms with Crippen LogP contribution in [0.15, 0.2) is 24.3 Å². The minimum Gasteiger partial charge on any atom is -0.342 e. The minimum atomic E-state index is 0.256. The molecule has 0 atom stereocenters. The highest BCUT2D eigenvalue weighted by Crippen LogP contribution is 2.22. The van der Waals surface area contributed by atoms with Crippen LogP contribution >= 0.6 is 22.6 Å². The highest BCUT2D eigenvalue weighted by atomic mass is 127. The van der Waals surface area contributed by atoms with E-state index < -0.39 is 0 Å². The van der Waals surface area contributed by atoms with E-state index in [4.69, 9.17) is 0 Å². The lowest BCUT2D eigenvalue weighted by atomic mass is 9.94. The Kier molecular flexibility index (Phi) is 5.03. The molecule has 2 rings (SSSR count). The molecule has 0 unspecified atom stereocenters. The molecule has 1 aliphatic rings. The average Bonchev–Trinajstić information content (AvgIpc) is 2.41. The molecular weight excluding hydrogens is 337 g/mol. The SMILES string of the molecule is CN(C(=O)Cc1ccccc1I)C1CCCCC1. The third-order valence-electron chi connectivity index (χ3n) is 3.82. The summed E-state index contributed by atoms with van der Waals surface area (Å²) in [5, 5.41) is 0. The Morgan fingerprint density at radius 3 is 2.61 bits per heavy atom.